The number of hydrogen-bond acceptors (Lipinski definition) is 4. The third kappa shape index (κ3) is 8.20. The van der Waals surface area contributed by atoms with Gasteiger partial charge in [-0.05, 0) is 52.3 Å². The van der Waals surface area contributed by atoms with E-state index in [2.05, 4.69) is 5.32 Å². The van der Waals surface area contributed by atoms with Crippen LogP contribution in [0.1, 0.15) is 33.6 Å². The van der Waals surface area contributed by atoms with Crippen LogP contribution in [0.3, 0.4) is 0 Å². The maximum Gasteiger partial charge on any atom is 0.214 e. The second-order valence-electron chi connectivity index (χ2n) is 5.66. The maximum atomic E-state index is 9.57. The largest absolute Gasteiger partial charge is 0.494 e. The van der Waals surface area contributed by atoms with Crippen LogP contribution in [0.25, 0.3) is 0 Å². The maximum absolute atomic E-state index is 9.57. The zero-order valence-corrected chi connectivity index (χ0v) is 12.6. The van der Waals surface area contributed by atoms with Gasteiger partial charge in [0.05, 0.1) is 12.2 Å². The second kappa shape index (κ2) is 8.30. The third-order valence-electron chi connectivity index (χ3n) is 2.50. The van der Waals surface area contributed by atoms with Crippen LogP contribution in [0.15, 0.2) is 24.3 Å². The van der Waals surface area contributed by atoms with E-state index < -0.39 is 6.41 Å². The number of nitrogens with one attached hydrogen (secondary N) is 1. The summed E-state index contributed by atoms with van der Waals surface area (Å²) in [6, 6.07) is 7.34. The first-order valence-corrected chi connectivity index (χ1v) is 6.94. The molecule has 0 aliphatic heterocycles. The zero-order valence-electron chi connectivity index (χ0n) is 12.6. The van der Waals surface area contributed by atoms with Crippen LogP contribution in [0.4, 0.5) is 0 Å². The molecule has 2 N–H and O–H groups in total. The van der Waals surface area contributed by atoms with Crippen molar-refractivity contribution in [3.8, 4) is 5.75 Å². The van der Waals surface area contributed by atoms with Crippen molar-refractivity contribution in [1.82, 2.24) is 5.32 Å². The predicted octanol–water partition coefficient (Wildman–Crippen LogP) is 1.32. The predicted molar refractivity (Wildman–Crippen MR) is 81.4 cm³/mol. The number of ether oxygens (including phenoxy) is 2. The average Bonchev–Trinajstić information content (AvgIpc) is 2.33. The molecule has 110 valence electrons. The van der Waals surface area contributed by atoms with E-state index in [-0.39, 0.29) is 5.60 Å². The lowest BCUT2D eigenvalue weighted by Gasteiger charge is -2.24. The van der Waals surface area contributed by atoms with Crippen molar-refractivity contribution in [2.45, 2.75) is 45.6 Å². The number of benzene rings is 1. The summed E-state index contributed by atoms with van der Waals surface area (Å²) in [5, 5.41) is 12.5. The van der Waals surface area contributed by atoms with Gasteiger partial charge in [-0.1, -0.05) is 17.6 Å². The van der Waals surface area contributed by atoms with Crippen molar-refractivity contribution < 1.29 is 14.6 Å². The topological polar surface area (TPSA) is 50.7 Å². The van der Waals surface area contributed by atoms with Crippen LogP contribution in [0.2, 0.25) is 0 Å². The Morgan fingerprint density at radius 3 is 2.45 bits per heavy atom. The summed E-state index contributed by atoms with van der Waals surface area (Å²) in [6.07, 6.45) is 0.882. The molecular weight excluding hydrogens is 253 g/mol. The van der Waals surface area contributed by atoms with Crippen molar-refractivity contribution in [3.05, 3.63) is 24.3 Å². The van der Waals surface area contributed by atoms with Crippen molar-refractivity contribution in [2.24, 2.45) is 0 Å². The quantitative estimate of drug-likeness (QED) is 0.427. The van der Waals surface area contributed by atoms with E-state index in [9.17, 15) is 5.11 Å². The Morgan fingerprint density at radius 2 is 1.85 bits per heavy atom. The first kappa shape index (κ1) is 17.0. The van der Waals surface area contributed by atoms with Crippen molar-refractivity contribution in [1.29, 1.82) is 0 Å². The highest BCUT2D eigenvalue weighted by atomic mass is 16.6. The minimum atomic E-state index is -0.923. The summed E-state index contributed by atoms with van der Waals surface area (Å²) in [5.74, 6) is 0.822. The summed E-state index contributed by atoms with van der Waals surface area (Å²) >= 11 is 0. The van der Waals surface area contributed by atoms with E-state index in [0.717, 1.165) is 24.1 Å². The zero-order chi connectivity index (χ0) is 15.0. The fraction of sp³-hybridized carbons (Fsp3) is 0.600. The Bertz CT molecular complexity index is 376. The van der Waals surface area contributed by atoms with Crippen LogP contribution < -0.4 is 15.5 Å². The molecule has 1 aromatic carbocycles. The Kier molecular flexibility index (Phi) is 7.06. The van der Waals surface area contributed by atoms with Crippen molar-refractivity contribution in [2.75, 3.05) is 13.2 Å². The minimum Gasteiger partial charge on any atom is -0.494 e. The third-order valence-corrected chi connectivity index (χ3v) is 2.50. The molecule has 0 saturated heterocycles. The van der Waals surface area contributed by atoms with Crippen LogP contribution in [0, 0.1) is 0 Å². The lowest BCUT2D eigenvalue weighted by molar-refractivity contribution is -0.181. The van der Waals surface area contributed by atoms with E-state index in [1.807, 2.05) is 45.0 Å². The van der Waals surface area contributed by atoms with Gasteiger partial charge in [0.15, 0.2) is 0 Å². The first-order chi connectivity index (χ1) is 9.37. The fourth-order valence-corrected chi connectivity index (χ4v) is 1.58. The van der Waals surface area contributed by atoms with Gasteiger partial charge in [0.25, 0.3) is 0 Å². The molecule has 0 heterocycles. The van der Waals surface area contributed by atoms with Gasteiger partial charge in [0.2, 0.25) is 6.41 Å². The molecule has 0 spiro atoms. The summed E-state index contributed by atoms with van der Waals surface area (Å²) in [6.45, 7) is 7.03. The Morgan fingerprint density at radius 1 is 1.20 bits per heavy atom. The molecule has 0 amide bonds. The molecule has 0 aliphatic carbocycles. The Labute approximate surface area is 122 Å². The lowest BCUT2D eigenvalue weighted by Crippen LogP contribution is -2.38. The summed E-state index contributed by atoms with van der Waals surface area (Å²) in [5.41, 5.74) is 0.374. The van der Waals surface area contributed by atoms with Gasteiger partial charge in [0, 0.05) is 0 Å². The van der Waals surface area contributed by atoms with Gasteiger partial charge in [-0.2, -0.15) is 0 Å². The Hall–Kier alpha value is -1.04. The molecule has 0 aromatic heterocycles. The van der Waals surface area contributed by atoms with Gasteiger partial charge in [-0.25, -0.2) is 0 Å². The van der Waals surface area contributed by atoms with Crippen molar-refractivity contribution in [3.63, 3.8) is 0 Å². The van der Waals surface area contributed by atoms with E-state index >= 15 is 0 Å². The summed E-state index contributed by atoms with van der Waals surface area (Å²) in [4.78, 5) is 0. The molecule has 1 rings (SSSR count). The molecule has 1 atom stereocenters. The monoisotopic (exact) mass is 277 g/mol. The highest BCUT2D eigenvalue weighted by Gasteiger charge is 2.15. The molecule has 0 saturated carbocycles. The smallest absolute Gasteiger partial charge is 0.214 e. The van der Waals surface area contributed by atoms with Crippen LogP contribution in [-0.2, 0) is 4.74 Å². The number of unbranched alkanes of at least 4 members (excludes halogenated alkanes) is 1. The first-order valence-electron chi connectivity index (χ1n) is 6.94. The van der Waals surface area contributed by atoms with Crippen molar-refractivity contribution >= 4 is 13.3 Å². The molecular formula is C15H24BNO3. The molecule has 1 unspecified atom stereocenters. The van der Waals surface area contributed by atoms with E-state index in [1.54, 1.807) is 0 Å². The highest BCUT2D eigenvalue weighted by Crippen LogP contribution is 2.09. The summed E-state index contributed by atoms with van der Waals surface area (Å²) in [7, 11) is 5.59. The molecule has 5 heteroatoms. The SMILES string of the molecule is [B]c1ccc(OCCCCNC(O)OC(C)(C)C)cc1. The normalized spacial score (nSPS) is 13.2. The average molecular weight is 277 g/mol. The van der Waals surface area contributed by atoms with Gasteiger partial charge in [-0.15, -0.1) is 0 Å². The molecule has 1 aromatic rings. The highest BCUT2D eigenvalue weighted by molar-refractivity contribution is 6.32. The molecule has 0 bridgehead atoms. The number of aliphatic hydroxyl groups excluding tert-OH is 1. The van der Waals surface area contributed by atoms with Crippen LogP contribution >= 0.6 is 0 Å². The minimum absolute atomic E-state index is 0.356. The van der Waals surface area contributed by atoms with Gasteiger partial charge >= 0.3 is 0 Å². The van der Waals surface area contributed by atoms with E-state index in [4.69, 9.17) is 17.3 Å². The number of hydrogen-bond donors (Lipinski definition) is 2. The van der Waals surface area contributed by atoms with Crippen LogP contribution in [-0.4, -0.2) is 38.1 Å². The second-order valence-corrected chi connectivity index (χ2v) is 5.66. The molecule has 0 fully saturated rings. The lowest BCUT2D eigenvalue weighted by atomic mass is 9.97. The van der Waals surface area contributed by atoms with E-state index in [1.165, 1.54) is 0 Å². The number of rotatable bonds is 8. The molecule has 20 heavy (non-hydrogen) atoms. The Balaban J connectivity index is 2.03. The van der Waals surface area contributed by atoms with E-state index in [0.29, 0.717) is 13.2 Å². The van der Waals surface area contributed by atoms with Gasteiger partial charge < -0.3 is 14.6 Å². The van der Waals surface area contributed by atoms with Gasteiger partial charge in [0.1, 0.15) is 13.6 Å². The molecule has 4 nitrogen and oxygen atoms in total. The summed E-state index contributed by atoms with van der Waals surface area (Å²) < 4.78 is 10.9. The number of aliphatic hydroxyl groups is 1. The van der Waals surface area contributed by atoms with Gasteiger partial charge in [-0.3, -0.25) is 5.32 Å². The molecule has 0 aliphatic rings. The van der Waals surface area contributed by atoms with Crippen LogP contribution in [0.5, 0.6) is 5.75 Å². The molecule has 2 radical (unpaired) electrons. The standard InChI is InChI=1S/C15H24BNO3/c1-15(2,3)20-14(18)17-10-4-5-11-19-13-8-6-12(16)7-9-13/h6-9,14,17-18H,4-5,10-11H2,1-3H3. The fourth-order valence-electron chi connectivity index (χ4n) is 1.58.